The quantitative estimate of drug-likeness (QED) is 0.552. The van der Waals surface area contributed by atoms with Crippen molar-refractivity contribution in [2.24, 2.45) is 0 Å². The molecule has 0 radical (unpaired) electrons. The molecule has 0 aromatic carbocycles. The van der Waals surface area contributed by atoms with E-state index >= 15 is 0 Å². The van der Waals surface area contributed by atoms with Crippen LogP contribution in [-0.2, 0) is 4.74 Å². The highest BCUT2D eigenvalue weighted by molar-refractivity contribution is 8.00. The van der Waals surface area contributed by atoms with Gasteiger partial charge in [-0.1, -0.05) is 0 Å². The summed E-state index contributed by atoms with van der Waals surface area (Å²) in [5.74, 6) is 1.01. The molecule has 1 atom stereocenters. The van der Waals surface area contributed by atoms with Crippen LogP contribution < -0.4 is 0 Å². The van der Waals surface area contributed by atoms with E-state index in [1.54, 1.807) is 18.7 Å². The Morgan fingerprint density at radius 1 is 1.67 bits per heavy atom. The van der Waals surface area contributed by atoms with Crippen LogP contribution in [0.1, 0.15) is 13.3 Å². The maximum absolute atomic E-state index is 9.39. The lowest BCUT2D eigenvalue weighted by Gasteiger charge is -2.18. The second-order valence-electron chi connectivity index (χ2n) is 2.43. The standard InChI is InChI=1S/C6H12O2S/c1-6(7)5-8-3-2-4-9-6/h7H,2-5H2,1H3. The molecule has 1 N–H and O–H groups in total. The van der Waals surface area contributed by atoms with Crippen molar-refractivity contribution in [3.63, 3.8) is 0 Å². The maximum atomic E-state index is 9.39. The molecule has 0 bridgehead atoms. The molecule has 0 amide bonds. The number of aliphatic hydroxyl groups is 1. The molecule has 0 saturated carbocycles. The van der Waals surface area contributed by atoms with E-state index in [-0.39, 0.29) is 0 Å². The van der Waals surface area contributed by atoms with Crippen molar-refractivity contribution in [3.05, 3.63) is 0 Å². The van der Waals surface area contributed by atoms with E-state index in [1.165, 1.54) is 0 Å². The Balaban J connectivity index is 2.36. The zero-order valence-electron chi connectivity index (χ0n) is 5.59. The van der Waals surface area contributed by atoms with Gasteiger partial charge in [0.25, 0.3) is 0 Å². The molecule has 1 rings (SSSR count). The molecule has 1 unspecified atom stereocenters. The average Bonchev–Trinajstić information content (AvgIpc) is 1.92. The highest BCUT2D eigenvalue weighted by atomic mass is 32.2. The van der Waals surface area contributed by atoms with E-state index in [4.69, 9.17) is 4.74 Å². The SMILES string of the molecule is CC1(O)COCCCS1. The molecule has 0 aromatic heterocycles. The third-order valence-corrected chi connectivity index (χ3v) is 2.45. The molecule has 1 fully saturated rings. The lowest BCUT2D eigenvalue weighted by molar-refractivity contribution is 0.0315. The summed E-state index contributed by atoms with van der Waals surface area (Å²) in [5, 5.41) is 9.39. The number of ether oxygens (including phenoxy) is 1. The van der Waals surface area contributed by atoms with Gasteiger partial charge in [-0.3, -0.25) is 0 Å². The first kappa shape index (κ1) is 7.38. The molecule has 1 aliphatic rings. The van der Waals surface area contributed by atoms with Gasteiger partial charge in [-0.05, 0) is 19.1 Å². The Bertz CT molecular complexity index is 83.1. The number of hydrogen-bond acceptors (Lipinski definition) is 3. The summed E-state index contributed by atoms with van der Waals surface area (Å²) in [6.45, 7) is 3.06. The Labute approximate surface area is 59.6 Å². The first-order valence-corrected chi connectivity index (χ1v) is 4.13. The van der Waals surface area contributed by atoms with Crippen molar-refractivity contribution < 1.29 is 9.84 Å². The Morgan fingerprint density at radius 3 is 3.22 bits per heavy atom. The first-order valence-electron chi connectivity index (χ1n) is 3.15. The second-order valence-corrected chi connectivity index (χ2v) is 4.01. The fourth-order valence-electron chi connectivity index (χ4n) is 0.756. The third-order valence-electron chi connectivity index (χ3n) is 1.22. The smallest absolute Gasteiger partial charge is 0.130 e. The van der Waals surface area contributed by atoms with Gasteiger partial charge in [0.05, 0.1) is 6.61 Å². The van der Waals surface area contributed by atoms with Gasteiger partial charge in [-0.2, -0.15) is 0 Å². The van der Waals surface area contributed by atoms with Gasteiger partial charge in [0.1, 0.15) is 4.93 Å². The minimum absolute atomic E-state index is 0.470. The molecular formula is C6H12O2S. The fourth-order valence-corrected chi connectivity index (χ4v) is 1.62. The molecular weight excluding hydrogens is 136 g/mol. The highest BCUT2D eigenvalue weighted by Gasteiger charge is 2.22. The van der Waals surface area contributed by atoms with Crippen LogP contribution in [0.2, 0.25) is 0 Å². The van der Waals surface area contributed by atoms with E-state index in [0.29, 0.717) is 6.61 Å². The third kappa shape index (κ3) is 2.56. The van der Waals surface area contributed by atoms with Crippen LogP contribution in [0.25, 0.3) is 0 Å². The van der Waals surface area contributed by atoms with Crippen molar-refractivity contribution in [3.8, 4) is 0 Å². The molecule has 1 aliphatic heterocycles. The minimum atomic E-state index is -0.642. The van der Waals surface area contributed by atoms with Crippen LogP contribution >= 0.6 is 11.8 Å². The van der Waals surface area contributed by atoms with Gasteiger partial charge in [-0.15, -0.1) is 11.8 Å². The summed E-state index contributed by atoms with van der Waals surface area (Å²) in [6, 6.07) is 0. The summed E-state index contributed by atoms with van der Waals surface area (Å²) >= 11 is 1.57. The predicted molar refractivity (Wildman–Crippen MR) is 38.5 cm³/mol. The number of hydrogen-bond donors (Lipinski definition) is 1. The molecule has 0 aliphatic carbocycles. The number of thioether (sulfide) groups is 1. The molecule has 9 heavy (non-hydrogen) atoms. The van der Waals surface area contributed by atoms with Crippen molar-refractivity contribution in [1.82, 2.24) is 0 Å². The molecule has 1 saturated heterocycles. The van der Waals surface area contributed by atoms with Crippen LogP contribution in [0.3, 0.4) is 0 Å². The van der Waals surface area contributed by atoms with Gasteiger partial charge in [-0.25, -0.2) is 0 Å². The normalized spacial score (nSPS) is 38.0. The largest absolute Gasteiger partial charge is 0.378 e. The van der Waals surface area contributed by atoms with Crippen LogP contribution in [0.4, 0.5) is 0 Å². The minimum Gasteiger partial charge on any atom is -0.378 e. The van der Waals surface area contributed by atoms with Gasteiger partial charge in [0.15, 0.2) is 0 Å². The van der Waals surface area contributed by atoms with Gasteiger partial charge in [0.2, 0.25) is 0 Å². The van der Waals surface area contributed by atoms with Crippen molar-refractivity contribution >= 4 is 11.8 Å². The van der Waals surface area contributed by atoms with Crippen molar-refractivity contribution in [2.45, 2.75) is 18.3 Å². The second kappa shape index (κ2) is 2.90. The van der Waals surface area contributed by atoms with Crippen molar-refractivity contribution in [2.75, 3.05) is 19.0 Å². The van der Waals surface area contributed by atoms with Crippen molar-refractivity contribution in [1.29, 1.82) is 0 Å². The zero-order valence-corrected chi connectivity index (χ0v) is 6.41. The lowest BCUT2D eigenvalue weighted by atomic mass is 10.4. The Morgan fingerprint density at radius 2 is 2.44 bits per heavy atom. The lowest BCUT2D eigenvalue weighted by Crippen LogP contribution is -2.24. The fraction of sp³-hybridized carbons (Fsp3) is 1.00. The molecule has 1 heterocycles. The summed E-state index contributed by atoms with van der Waals surface area (Å²) in [6.07, 6.45) is 1.06. The predicted octanol–water partition coefficient (Wildman–Crippen LogP) is 0.848. The van der Waals surface area contributed by atoms with Gasteiger partial charge in [0, 0.05) is 6.61 Å². The summed E-state index contributed by atoms with van der Waals surface area (Å²) < 4.78 is 5.14. The first-order chi connectivity index (χ1) is 4.21. The molecule has 2 nitrogen and oxygen atoms in total. The topological polar surface area (TPSA) is 29.5 Å². The Kier molecular flexibility index (Phi) is 2.38. The summed E-state index contributed by atoms with van der Waals surface area (Å²) in [7, 11) is 0. The van der Waals surface area contributed by atoms with Crippen LogP contribution in [0.5, 0.6) is 0 Å². The molecule has 0 aromatic rings. The van der Waals surface area contributed by atoms with E-state index in [9.17, 15) is 5.11 Å². The van der Waals surface area contributed by atoms with Crippen LogP contribution in [0, 0.1) is 0 Å². The van der Waals surface area contributed by atoms with Crippen LogP contribution in [-0.4, -0.2) is 29.0 Å². The van der Waals surface area contributed by atoms with E-state index in [1.807, 2.05) is 0 Å². The molecule has 54 valence electrons. The van der Waals surface area contributed by atoms with E-state index < -0.39 is 4.93 Å². The monoisotopic (exact) mass is 148 g/mol. The highest BCUT2D eigenvalue weighted by Crippen LogP contribution is 2.24. The van der Waals surface area contributed by atoms with E-state index in [0.717, 1.165) is 18.8 Å². The summed E-state index contributed by atoms with van der Waals surface area (Å²) in [4.78, 5) is -0.642. The average molecular weight is 148 g/mol. The summed E-state index contributed by atoms with van der Waals surface area (Å²) in [5.41, 5.74) is 0. The molecule has 3 heteroatoms. The Hall–Kier alpha value is 0.270. The van der Waals surface area contributed by atoms with Gasteiger partial charge < -0.3 is 9.84 Å². The zero-order chi connectivity index (χ0) is 6.74. The number of rotatable bonds is 0. The van der Waals surface area contributed by atoms with Crippen LogP contribution in [0.15, 0.2) is 0 Å². The molecule has 0 spiro atoms. The van der Waals surface area contributed by atoms with E-state index in [2.05, 4.69) is 0 Å². The van der Waals surface area contributed by atoms with Gasteiger partial charge >= 0.3 is 0 Å². The maximum Gasteiger partial charge on any atom is 0.130 e.